The Kier molecular flexibility index (Phi) is 6.04. The van der Waals surface area contributed by atoms with Crippen molar-refractivity contribution in [2.75, 3.05) is 38.0 Å². The van der Waals surface area contributed by atoms with Gasteiger partial charge in [0, 0.05) is 33.9 Å². The number of halogens is 1. The Morgan fingerprint density at radius 3 is 2.10 bits per heavy atom. The van der Waals surface area contributed by atoms with Crippen LogP contribution >= 0.6 is 11.3 Å². The third-order valence-corrected chi connectivity index (χ3v) is 3.85. The number of aromatic nitrogens is 2. The van der Waals surface area contributed by atoms with Gasteiger partial charge in [-0.2, -0.15) is 0 Å². The van der Waals surface area contributed by atoms with E-state index in [4.69, 9.17) is 0 Å². The minimum Gasteiger partial charge on any atom is -1.00 e. The zero-order chi connectivity index (χ0) is 14.7. The molecule has 0 amide bonds. The summed E-state index contributed by atoms with van der Waals surface area (Å²) in [6, 6.07) is 7.94. The Balaban J connectivity index is 0.00000220. The van der Waals surface area contributed by atoms with Crippen molar-refractivity contribution in [3.63, 3.8) is 0 Å². The van der Waals surface area contributed by atoms with Crippen LogP contribution in [0, 0.1) is 0 Å². The van der Waals surface area contributed by atoms with E-state index in [-0.39, 0.29) is 12.4 Å². The van der Waals surface area contributed by atoms with E-state index in [1.165, 1.54) is 11.3 Å². The monoisotopic (exact) mass is 326 g/mol. The first-order valence-corrected chi connectivity index (χ1v) is 7.02. The largest absolute Gasteiger partial charge is 1.00 e. The smallest absolute Gasteiger partial charge is 0.431 e. The highest BCUT2D eigenvalue weighted by molar-refractivity contribution is 7.18. The van der Waals surface area contributed by atoms with E-state index in [9.17, 15) is 0 Å². The van der Waals surface area contributed by atoms with Gasteiger partial charge in [0.25, 0.3) is 0 Å². The molecule has 0 aliphatic rings. The van der Waals surface area contributed by atoms with E-state index in [0.29, 0.717) is 0 Å². The Morgan fingerprint density at radius 1 is 1.00 bits per heavy atom. The van der Waals surface area contributed by atoms with Crippen LogP contribution in [0.15, 0.2) is 34.5 Å². The molecule has 1 heterocycles. The van der Waals surface area contributed by atoms with E-state index in [1.807, 2.05) is 69.3 Å². The second-order valence-electron chi connectivity index (χ2n) is 4.80. The number of rotatable bonds is 4. The van der Waals surface area contributed by atoms with E-state index in [0.717, 1.165) is 21.6 Å². The molecule has 0 fully saturated rings. The molecule has 0 bridgehead atoms. The van der Waals surface area contributed by atoms with Gasteiger partial charge >= 0.3 is 5.13 Å². The van der Waals surface area contributed by atoms with Crippen molar-refractivity contribution in [2.45, 2.75) is 0 Å². The van der Waals surface area contributed by atoms with E-state index >= 15 is 0 Å². The quantitative estimate of drug-likeness (QED) is 0.563. The molecule has 2 aromatic rings. The number of anilines is 2. The highest BCUT2D eigenvalue weighted by Gasteiger charge is 2.16. The van der Waals surface area contributed by atoms with Gasteiger partial charge in [-0.05, 0) is 40.7 Å². The van der Waals surface area contributed by atoms with Gasteiger partial charge in [-0.25, -0.2) is 0 Å². The standard InChI is InChI=1S/C13H19N6S.ClH/c1-17(2)11-8-6-10(7-9-11)14-15-12-19(5)16-13(20-12)18(3)4;/h6-9H,1-5H3;1H/q+1;/p-1. The minimum atomic E-state index is 0. The SMILES string of the molecule is CN(C)c1ccc(N=Nc2sc(N(C)C)n[n+]2C)cc1.[Cl-]. The highest BCUT2D eigenvalue weighted by atomic mass is 35.5. The molecule has 0 atom stereocenters. The van der Waals surface area contributed by atoms with Gasteiger partial charge in [-0.15, -0.1) is 4.68 Å². The van der Waals surface area contributed by atoms with Crippen molar-refractivity contribution in [3.8, 4) is 0 Å². The van der Waals surface area contributed by atoms with Crippen molar-refractivity contribution in [3.05, 3.63) is 24.3 Å². The molecule has 114 valence electrons. The zero-order valence-electron chi connectivity index (χ0n) is 12.8. The molecule has 0 saturated carbocycles. The molecular formula is C13H19ClN6S. The number of azo groups is 1. The number of aryl methyl sites for hydroxylation is 1. The lowest BCUT2D eigenvalue weighted by Crippen LogP contribution is -3.00. The predicted molar refractivity (Wildman–Crippen MR) is 82.6 cm³/mol. The van der Waals surface area contributed by atoms with Crippen LogP contribution < -0.4 is 26.9 Å². The lowest BCUT2D eigenvalue weighted by atomic mass is 10.3. The van der Waals surface area contributed by atoms with Gasteiger partial charge < -0.3 is 22.2 Å². The summed E-state index contributed by atoms with van der Waals surface area (Å²) in [4.78, 5) is 4.00. The molecule has 1 aromatic carbocycles. The summed E-state index contributed by atoms with van der Waals surface area (Å²) < 4.78 is 1.73. The van der Waals surface area contributed by atoms with E-state index in [1.54, 1.807) is 4.68 Å². The van der Waals surface area contributed by atoms with Crippen LogP contribution in [-0.2, 0) is 7.05 Å². The molecule has 0 N–H and O–H groups in total. The first kappa shape index (κ1) is 17.3. The summed E-state index contributed by atoms with van der Waals surface area (Å²) in [6.45, 7) is 0. The number of hydrogen-bond acceptors (Lipinski definition) is 6. The van der Waals surface area contributed by atoms with Crippen LogP contribution in [-0.4, -0.2) is 33.3 Å². The Hall–Kier alpha value is -1.73. The minimum absolute atomic E-state index is 0. The lowest BCUT2D eigenvalue weighted by Gasteiger charge is -2.11. The zero-order valence-corrected chi connectivity index (χ0v) is 14.4. The second-order valence-corrected chi connectivity index (χ2v) is 5.73. The molecule has 0 unspecified atom stereocenters. The molecule has 8 heteroatoms. The highest BCUT2D eigenvalue weighted by Crippen LogP contribution is 2.25. The summed E-state index contributed by atoms with van der Waals surface area (Å²) in [7, 11) is 9.81. The fraction of sp³-hybridized carbons (Fsp3) is 0.385. The maximum absolute atomic E-state index is 4.36. The molecule has 0 radical (unpaired) electrons. The van der Waals surface area contributed by atoms with Gasteiger partial charge in [0.2, 0.25) is 5.13 Å². The first-order chi connectivity index (χ1) is 9.47. The van der Waals surface area contributed by atoms with Crippen LogP contribution in [0.3, 0.4) is 0 Å². The Bertz CT molecular complexity index is 606. The Labute approximate surface area is 135 Å². The van der Waals surface area contributed by atoms with Gasteiger partial charge in [0.1, 0.15) is 12.7 Å². The maximum atomic E-state index is 4.36. The van der Waals surface area contributed by atoms with Gasteiger partial charge in [0.05, 0.1) is 5.11 Å². The van der Waals surface area contributed by atoms with Crippen LogP contribution in [0.4, 0.5) is 21.6 Å². The first-order valence-electron chi connectivity index (χ1n) is 6.21. The van der Waals surface area contributed by atoms with Crippen LogP contribution in [0.1, 0.15) is 0 Å². The molecular weight excluding hydrogens is 308 g/mol. The molecule has 1 aromatic heterocycles. The Morgan fingerprint density at radius 2 is 1.62 bits per heavy atom. The van der Waals surface area contributed by atoms with Crippen molar-refractivity contribution in [1.82, 2.24) is 5.10 Å². The van der Waals surface area contributed by atoms with Crippen LogP contribution in [0.25, 0.3) is 0 Å². The second kappa shape index (κ2) is 7.33. The number of benzene rings is 1. The molecule has 6 nitrogen and oxygen atoms in total. The molecule has 0 aliphatic carbocycles. The van der Waals surface area contributed by atoms with E-state index < -0.39 is 0 Å². The molecule has 0 saturated heterocycles. The molecule has 2 rings (SSSR count). The fourth-order valence-electron chi connectivity index (χ4n) is 1.52. The average molecular weight is 327 g/mol. The molecule has 0 aliphatic heterocycles. The number of nitrogens with zero attached hydrogens (tertiary/aromatic N) is 6. The summed E-state index contributed by atoms with van der Waals surface area (Å²) in [5.74, 6) is 0. The van der Waals surface area contributed by atoms with Gasteiger partial charge in [-0.1, -0.05) is 5.10 Å². The summed E-state index contributed by atoms with van der Waals surface area (Å²) >= 11 is 1.50. The summed E-state index contributed by atoms with van der Waals surface area (Å²) in [6.07, 6.45) is 0. The van der Waals surface area contributed by atoms with Crippen LogP contribution in [0.5, 0.6) is 0 Å². The van der Waals surface area contributed by atoms with Crippen molar-refractivity contribution in [1.29, 1.82) is 0 Å². The third-order valence-electron chi connectivity index (χ3n) is 2.69. The van der Waals surface area contributed by atoms with Crippen molar-refractivity contribution >= 4 is 33.0 Å². The molecule has 21 heavy (non-hydrogen) atoms. The average Bonchev–Trinajstić information content (AvgIpc) is 2.78. The molecule has 0 spiro atoms. The normalized spacial score (nSPS) is 10.5. The summed E-state index contributed by atoms with van der Waals surface area (Å²) in [5, 5.41) is 14.5. The lowest BCUT2D eigenvalue weighted by molar-refractivity contribution is -0.712. The fourth-order valence-corrected chi connectivity index (χ4v) is 2.29. The van der Waals surface area contributed by atoms with Crippen LogP contribution in [0.2, 0.25) is 0 Å². The van der Waals surface area contributed by atoms with Gasteiger partial charge in [-0.3, -0.25) is 0 Å². The topological polar surface area (TPSA) is 48.0 Å². The van der Waals surface area contributed by atoms with Crippen molar-refractivity contribution in [2.24, 2.45) is 17.3 Å². The predicted octanol–water partition coefficient (Wildman–Crippen LogP) is -0.481. The third kappa shape index (κ3) is 4.37. The summed E-state index contributed by atoms with van der Waals surface area (Å²) in [5.41, 5.74) is 1.97. The van der Waals surface area contributed by atoms with E-state index in [2.05, 4.69) is 15.3 Å². The van der Waals surface area contributed by atoms with Crippen molar-refractivity contribution < 1.29 is 17.1 Å². The van der Waals surface area contributed by atoms with Gasteiger partial charge in [0.15, 0.2) is 0 Å². The number of hydrogen-bond donors (Lipinski definition) is 0. The maximum Gasteiger partial charge on any atom is 0.431 e.